The van der Waals surface area contributed by atoms with E-state index in [1.165, 1.54) is 0 Å². The maximum Gasteiger partial charge on any atom is 0.418 e. The molecule has 0 bridgehead atoms. The van der Waals surface area contributed by atoms with Gasteiger partial charge >= 0.3 is 6.18 Å². The second kappa shape index (κ2) is 7.20. The van der Waals surface area contributed by atoms with Crippen LogP contribution in [0.2, 0.25) is 0 Å². The molecule has 0 aromatic carbocycles. The molecule has 2 heterocycles. The Labute approximate surface area is 159 Å². The molecule has 2 aromatic rings. The summed E-state index contributed by atoms with van der Waals surface area (Å²) in [6.45, 7) is 0. The Morgan fingerprint density at radius 2 is 1.75 bits per heavy atom. The molecule has 2 atom stereocenters. The minimum absolute atomic E-state index is 0.00269. The van der Waals surface area contributed by atoms with Crippen molar-refractivity contribution in [3.05, 3.63) is 29.0 Å². The number of nitrogens with one attached hydrogen (secondary N) is 1. The second-order valence-electron chi connectivity index (χ2n) is 7.40. The minimum Gasteiger partial charge on any atom is -0.506 e. The van der Waals surface area contributed by atoms with Crippen LogP contribution in [-0.2, 0) is 19.0 Å². The smallest absolute Gasteiger partial charge is 0.418 e. The highest BCUT2D eigenvalue weighted by molar-refractivity contribution is 5.70. The molecule has 2 aromatic heterocycles. The van der Waals surface area contributed by atoms with Gasteiger partial charge in [0.25, 0.3) is 0 Å². The van der Waals surface area contributed by atoms with Crippen LogP contribution in [-0.4, -0.2) is 37.5 Å². The summed E-state index contributed by atoms with van der Waals surface area (Å²) in [5, 5.41) is 32.0. The molecule has 4 rings (SSSR count). The number of rotatable bonds is 3. The number of alkyl halides is 3. The maximum atomic E-state index is 12.8. The zero-order valence-corrected chi connectivity index (χ0v) is 15.1. The standard InChI is InChI=1S/C19H21F3N4O2/c20-19(21,22)10-8-15(28)17(23-9-10)16-11-4-3-5-12(11)18(26-25-16)24-13-6-1-2-7-14(13)27/h8-9,13-14,27-28H,1-7H2,(H,24,26). The van der Waals surface area contributed by atoms with Crippen LogP contribution < -0.4 is 5.32 Å². The van der Waals surface area contributed by atoms with Crippen LogP contribution >= 0.6 is 0 Å². The molecule has 1 fully saturated rings. The van der Waals surface area contributed by atoms with Crippen LogP contribution in [0.1, 0.15) is 48.8 Å². The topological polar surface area (TPSA) is 91.2 Å². The normalized spacial score (nSPS) is 22.1. The van der Waals surface area contributed by atoms with Crippen molar-refractivity contribution in [2.24, 2.45) is 0 Å². The van der Waals surface area contributed by atoms with Gasteiger partial charge in [-0.3, -0.25) is 0 Å². The third-order valence-corrected chi connectivity index (χ3v) is 5.51. The fourth-order valence-corrected chi connectivity index (χ4v) is 4.04. The van der Waals surface area contributed by atoms with Gasteiger partial charge in [-0.1, -0.05) is 12.8 Å². The van der Waals surface area contributed by atoms with Crippen molar-refractivity contribution < 1.29 is 23.4 Å². The Hall–Kier alpha value is -2.42. The van der Waals surface area contributed by atoms with Gasteiger partial charge in [0.15, 0.2) is 5.82 Å². The number of nitrogens with zero attached hydrogens (tertiary/aromatic N) is 3. The molecule has 28 heavy (non-hydrogen) atoms. The van der Waals surface area contributed by atoms with Crippen LogP contribution in [0.15, 0.2) is 12.3 Å². The first kappa shape index (κ1) is 18.9. The zero-order valence-electron chi connectivity index (χ0n) is 15.1. The van der Waals surface area contributed by atoms with Crippen molar-refractivity contribution in [1.29, 1.82) is 0 Å². The predicted molar refractivity (Wildman–Crippen MR) is 95.8 cm³/mol. The fourth-order valence-electron chi connectivity index (χ4n) is 4.04. The van der Waals surface area contributed by atoms with E-state index in [1.54, 1.807) is 0 Å². The Bertz CT molecular complexity index is 888. The van der Waals surface area contributed by atoms with Gasteiger partial charge in [-0.25, -0.2) is 4.98 Å². The Morgan fingerprint density at radius 1 is 1.00 bits per heavy atom. The lowest BCUT2D eigenvalue weighted by atomic mass is 9.92. The molecule has 0 amide bonds. The monoisotopic (exact) mass is 394 g/mol. The predicted octanol–water partition coefficient (Wildman–Crippen LogP) is 3.47. The van der Waals surface area contributed by atoms with E-state index in [4.69, 9.17) is 0 Å². The molecule has 9 heteroatoms. The highest BCUT2D eigenvalue weighted by Gasteiger charge is 2.33. The average Bonchev–Trinajstić information content (AvgIpc) is 3.13. The first-order valence-electron chi connectivity index (χ1n) is 9.44. The number of aromatic hydroxyl groups is 1. The summed E-state index contributed by atoms with van der Waals surface area (Å²) in [6, 6.07) is 0.576. The number of aromatic nitrogens is 3. The summed E-state index contributed by atoms with van der Waals surface area (Å²) in [4.78, 5) is 3.82. The van der Waals surface area contributed by atoms with Gasteiger partial charge in [0.05, 0.1) is 17.7 Å². The molecule has 0 aliphatic heterocycles. The third kappa shape index (κ3) is 3.50. The third-order valence-electron chi connectivity index (χ3n) is 5.51. The van der Waals surface area contributed by atoms with Gasteiger partial charge in [-0.05, 0) is 43.7 Å². The number of pyridine rings is 1. The van der Waals surface area contributed by atoms with E-state index in [9.17, 15) is 23.4 Å². The summed E-state index contributed by atoms with van der Waals surface area (Å²) in [5.41, 5.74) is 1.08. The van der Waals surface area contributed by atoms with Crippen LogP contribution in [0.4, 0.5) is 19.0 Å². The molecule has 3 N–H and O–H groups in total. The van der Waals surface area contributed by atoms with E-state index in [2.05, 4.69) is 20.5 Å². The Kier molecular flexibility index (Phi) is 4.86. The van der Waals surface area contributed by atoms with Gasteiger partial charge in [-0.2, -0.15) is 13.2 Å². The van der Waals surface area contributed by atoms with Gasteiger partial charge in [0.1, 0.15) is 17.1 Å². The van der Waals surface area contributed by atoms with Gasteiger partial charge in [-0.15, -0.1) is 10.2 Å². The molecule has 1 saturated carbocycles. The van der Waals surface area contributed by atoms with E-state index < -0.39 is 23.6 Å². The summed E-state index contributed by atoms with van der Waals surface area (Å²) in [7, 11) is 0. The molecule has 0 spiro atoms. The van der Waals surface area contributed by atoms with Gasteiger partial charge in [0.2, 0.25) is 0 Å². The molecule has 2 aliphatic rings. The summed E-state index contributed by atoms with van der Waals surface area (Å²) >= 11 is 0. The van der Waals surface area contributed by atoms with Crippen LogP contribution in [0.5, 0.6) is 5.75 Å². The number of hydrogen-bond acceptors (Lipinski definition) is 6. The molecular weight excluding hydrogens is 373 g/mol. The van der Waals surface area contributed by atoms with Crippen molar-refractivity contribution in [3.63, 3.8) is 0 Å². The van der Waals surface area contributed by atoms with Crippen molar-refractivity contribution in [2.75, 3.05) is 5.32 Å². The van der Waals surface area contributed by atoms with Crippen molar-refractivity contribution in [2.45, 2.75) is 63.3 Å². The SMILES string of the molecule is Oc1cc(C(F)(F)F)cnc1-c1nnc(NC2CCCCC2O)c2c1CCC2. The summed E-state index contributed by atoms with van der Waals surface area (Å²) < 4.78 is 38.5. The highest BCUT2D eigenvalue weighted by Crippen LogP contribution is 2.39. The largest absolute Gasteiger partial charge is 0.506 e. The quantitative estimate of drug-likeness (QED) is 0.739. The van der Waals surface area contributed by atoms with E-state index in [-0.39, 0.29) is 11.7 Å². The van der Waals surface area contributed by atoms with E-state index in [0.717, 1.165) is 49.7 Å². The van der Waals surface area contributed by atoms with E-state index in [1.807, 2.05) is 0 Å². The van der Waals surface area contributed by atoms with Crippen molar-refractivity contribution in [3.8, 4) is 17.1 Å². The fraction of sp³-hybridized carbons (Fsp3) is 0.526. The minimum atomic E-state index is -4.58. The summed E-state index contributed by atoms with van der Waals surface area (Å²) in [5.74, 6) is 0.0373. The summed E-state index contributed by atoms with van der Waals surface area (Å²) in [6.07, 6.45) is 1.61. The van der Waals surface area contributed by atoms with Gasteiger partial charge < -0.3 is 15.5 Å². The average molecular weight is 394 g/mol. The zero-order chi connectivity index (χ0) is 19.9. The number of anilines is 1. The number of aliphatic hydroxyl groups is 1. The van der Waals surface area contributed by atoms with E-state index in [0.29, 0.717) is 30.2 Å². The van der Waals surface area contributed by atoms with E-state index >= 15 is 0 Å². The maximum absolute atomic E-state index is 12.8. The highest BCUT2D eigenvalue weighted by atomic mass is 19.4. The first-order chi connectivity index (χ1) is 13.3. The van der Waals surface area contributed by atoms with Crippen molar-refractivity contribution >= 4 is 5.82 Å². The lowest BCUT2D eigenvalue weighted by Crippen LogP contribution is -2.37. The number of halogens is 3. The lowest BCUT2D eigenvalue weighted by Gasteiger charge is -2.29. The Morgan fingerprint density at radius 3 is 2.46 bits per heavy atom. The van der Waals surface area contributed by atoms with Gasteiger partial charge in [0, 0.05) is 11.8 Å². The molecule has 0 radical (unpaired) electrons. The van der Waals surface area contributed by atoms with Crippen LogP contribution in [0.3, 0.4) is 0 Å². The molecule has 6 nitrogen and oxygen atoms in total. The molecule has 0 saturated heterocycles. The number of aliphatic hydroxyl groups excluding tert-OH is 1. The van der Waals surface area contributed by atoms with Crippen LogP contribution in [0, 0.1) is 0 Å². The number of hydrogen-bond donors (Lipinski definition) is 3. The number of fused-ring (bicyclic) bond motifs is 1. The Balaban J connectivity index is 1.68. The molecule has 150 valence electrons. The first-order valence-corrected chi connectivity index (χ1v) is 9.44. The lowest BCUT2D eigenvalue weighted by molar-refractivity contribution is -0.137. The molecule has 2 unspecified atom stereocenters. The van der Waals surface area contributed by atoms with Crippen molar-refractivity contribution in [1.82, 2.24) is 15.2 Å². The molecule has 2 aliphatic carbocycles. The van der Waals surface area contributed by atoms with Crippen LogP contribution in [0.25, 0.3) is 11.4 Å². The second-order valence-corrected chi connectivity index (χ2v) is 7.40. The molecular formula is C19H21F3N4O2.